The Morgan fingerprint density at radius 1 is 1.03 bits per heavy atom. The first-order chi connectivity index (χ1) is 15.7. The lowest BCUT2D eigenvalue weighted by atomic mass is 9.93. The molecule has 0 N–H and O–H groups in total. The number of rotatable bonds is 8. The van der Waals surface area contributed by atoms with E-state index in [2.05, 4.69) is 46.7 Å². The van der Waals surface area contributed by atoms with Crippen molar-refractivity contribution in [1.29, 1.82) is 0 Å². The fraction of sp³-hybridized carbons (Fsp3) is 0.375. The zero-order valence-electron chi connectivity index (χ0n) is 18.3. The highest BCUT2D eigenvalue weighted by molar-refractivity contribution is 5.89. The number of carbonyl (C=O) groups excluding carboxylic acids is 2. The molecule has 32 heavy (non-hydrogen) atoms. The smallest absolute Gasteiger partial charge is 0.245 e. The molecule has 0 aliphatic carbocycles. The number of nitrogens with zero attached hydrogens (tertiary/aromatic N) is 6. The van der Waals surface area contributed by atoms with Gasteiger partial charge < -0.3 is 9.80 Å². The highest BCUT2D eigenvalue weighted by atomic mass is 16.2. The fourth-order valence-corrected chi connectivity index (χ4v) is 4.27. The predicted molar refractivity (Wildman–Crippen MR) is 120 cm³/mol. The van der Waals surface area contributed by atoms with E-state index in [4.69, 9.17) is 0 Å². The van der Waals surface area contributed by atoms with E-state index in [9.17, 15) is 9.59 Å². The van der Waals surface area contributed by atoms with Gasteiger partial charge in [0.05, 0.1) is 6.54 Å². The van der Waals surface area contributed by atoms with Gasteiger partial charge in [-0.15, -0.1) is 5.10 Å². The maximum Gasteiger partial charge on any atom is 0.245 e. The van der Waals surface area contributed by atoms with Crippen LogP contribution in [-0.2, 0) is 22.6 Å². The van der Waals surface area contributed by atoms with Crippen LogP contribution in [0.1, 0.15) is 25.3 Å². The van der Waals surface area contributed by atoms with Crippen molar-refractivity contribution < 1.29 is 9.59 Å². The van der Waals surface area contributed by atoms with Crippen LogP contribution < -0.4 is 0 Å². The first-order valence-electron chi connectivity index (χ1n) is 11.1. The third kappa shape index (κ3) is 4.85. The maximum absolute atomic E-state index is 13.4. The van der Waals surface area contributed by atoms with E-state index in [1.807, 2.05) is 35.2 Å². The highest BCUT2D eigenvalue weighted by Crippen LogP contribution is 2.27. The summed E-state index contributed by atoms with van der Waals surface area (Å²) in [5.74, 6) is -0.0241. The number of piperazine rings is 1. The quantitative estimate of drug-likeness (QED) is 0.546. The lowest BCUT2D eigenvalue weighted by molar-refractivity contribution is -0.151. The molecule has 8 nitrogen and oxygen atoms in total. The Bertz CT molecular complexity index is 1040. The van der Waals surface area contributed by atoms with Gasteiger partial charge in [-0.2, -0.15) is 0 Å². The molecule has 2 heterocycles. The molecule has 8 heteroatoms. The summed E-state index contributed by atoms with van der Waals surface area (Å²) in [6.45, 7) is 4.28. The van der Waals surface area contributed by atoms with Crippen molar-refractivity contribution in [3.63, 3.8) is 0 Å². The molecule has 166 valence electrons. The number of amides is 2. The van der Waals surface area contributed by atoms with Crippen LogP contribution in [0, 0.1) is 0 Å². The van der Waals surface area contributed by atoms with E-state index < -0.39 is 6.04 Å². The van der Waals surface area contributed by atoms with Crippen molar-refractivity contribution in [1.82, 2.24) is 30.0 Å². The summed E-state index contributed by atoms with van der Waals surface area (Å²) >= 11 is 0. The van der Waals surface area contributed by atoms with Gasteiger partial charge in [0.2, 0.25) is 11.8 Å². The van der Waals surface area contributed by atoms with Crippen LogP contribution in [0.3, 0.4) is 0 Å². The number of tetrazole rings is 1. The zero-order chi connectivity index (χ0) is 22.3. The van der Waals surface area contributed by atoms with Crippen molar-refractivity contribution in [3.05, 3.63) is 66.5 Å². The van der Waals surface area contributed by atoms with E-state index in [1.165, 1.54) is 11.0 Å². The Balaban J connectivity index is 1.58. The standard InChI is InChI=1S/C24H28N6O2/c1-2-13-28-15-16-30(23(31)12-14-29-18-25-26-27-29)22(24(28)32)17-20-10-6-7-11-21(20)19-8-4-3-5-9-19/h3-11,18,22H,2,12-17H2,1H3/t22-/m0/s1. The summed E-state index contributed by atoms with van der Waals surface area (Å²) in [6.07, 6.45) is 3.13. The van der Waals surface area contributed by atoms with Crippen LogP contribution in [0.5, 0.6) is 0 Å². The minimum absolute atomic E-state index is 0.0248. The number of carbonyl (C=O) groups is 2. The normalized spacial score (nSPS) is 16.4. The molecule has 1 aliphatic heterocycles. The van der Waals surface area contributed by atoms with Crippen molar-refractivity contribution >= 4 is 11.8 Å². The van der Waals surface area contributed by atoms with Gasteiger partial charge in [0, 0.05) is 32.5 Å². The third-order valence-electron chi connectivity index (χ3n) is 5.86. The van der Waals surface area contributed by atoms with Crippen LogP contribution in [0.2, 0.25) is 0 Å². The SMILES string of the molecule is CCCN1CCN(C(=O)CCn2cnnn2)[C@@H](Cc2ccccc2-c2ccccc2)C1=O. The Morgan fingerprint density at radius 3 is 2.56 bits per heavy atom. The van der Waals surface area contributed by atoms with Gasteiger partial charge >= 0.3 is 0 Å². The van der Waals surface area contributed by atoms with E-state index in [0.29, 0.717) is 32.6 Å². The minimum Gasteiger partial charge on any atom is -0.339 e. The third-order valence-corrected chi connectivity index (χ3v) is 5.86. The molecule has 1 fully saturated rings. The Morgan fingerprint density at radius 2 is 1.81 bits per heavy atom. The summed E-state index contributed by atoms with van der Waals surface area (Å²) in [4.78, 5) is 30.2. The van der Waals surface area contributed by atoms with Gasteiger partial charge in [-0.25, -0.2) is 4.68 Å². The summed E-state index contributed by atoms with van der Waals surface area (Å²) in [5.41, 5.74) is 3.26. The summed E-state index contributed by atoms with van der Waals surface area (Å²) in [6, 6.07) is 17.8. The van der Waals surface area contributed by atoms with Crippen LogP contribution in [0.25, 0.3) is 11.1 Å². The molecular weight excluding hydrogens is 404 g/mol. The molecule has 0 spiro atoms. The molecular formula is C24H28N6O2. The van der Waals surface area contributed by atoms with Gasteiger partial charge in [0.1, 0.15) is 12.4 Å². The fourth-order valence-electron chi connectivity index (χ4n) is 4.27. The first kappa shape index (κ1) is 21.7. The molecule has 0 bridgehead atoms. The van der Waals surface area contributed by atoms with Crippen LogP contribution in [0.15, 0.2) is 60.9 Å². The van der Waals surface area contributed by atoms with E-state index in [0.717, 1.165) is 23.1 Å². The Hall–Kier alpha value is -3.55. The van der Waals surface area contributed by atoms with Crippen LogP contribution in [0.4, 0.5) is 0 Å². The number of aryl methyl sites for hydroxylation is 1. The minimum atomic E-state index is -0.512. The second-order valence-corrected chi connectivity index (χ2v) is 7.98. The second-order valence-electron chi connectivity index (χ2n) is 7.98. The van der Waals surface area contributed by atoms with Gasteiger partial charge in [-0.3, -0.25) is 9.59 Å². The number of aromatic nitrogens is 4. The molecule has 1 saturated heterocycles. The predicted octanol–water partition coefficient (Wildman–Crippen LogP) is 2.42. The van der Waals surface area contributed by atoms with Gasteiger partial charge in [-0.1, -0.05) is 61.5 Å². The number of hydrogen-bond acceptors (Lipinski definition) is 5. The largest absolute Gasteiger partial charge is 0.339 e. The van der Waals surface area contributed by atoms with Gasteiger partial charge in [0.15, 0.2) is 0 Å². The molecule has 1 aliphatic rings. The molecule has 3 aromatic rings. The lowest BCUT2D eigenvalue weighted by Crippen LogP contribution is -2.59. The van der Waals surface area contributed by atoms with Crippen LogP contribution in [-0.4, -0.2) is 67.5 Å². The number of hydrogen-bond donors (Lipinski definition) is 0. The molecule has 2 amide bonds. The second kappa shape index (κ2) is 10.2. The van der Waals surface area contributed by atoms with Crippen molar-refractivity contribution in [2.75, 3.05) is 19.6 Å². The summed E-state index contributed by atoms with van der Waals surface area (Å²) in [5, 5.41) is 11.0. The van der Waals surface area contributed by atoms with Crippen LogP contribution >= 0.6 is 0 Å². The average molecular weight is 433 g/mol. The van der Waals surface area contributed by atoms with E-state index >= 15 is 0 Å². The summed E-state index contributed by atoms with van der Waals surface area (Å²) in [7, 11) is 0. The molecule has 1 atom stereocenters. The van der Waals surface area contributed by atoms with Crippen molar-refractivity contribution in [2.45, 2.75) is 38.8 Å². The lowest BCUT2D eigenvalue weighted by Gasteiger charge is -2.41. The molecule has 4 rings (SSSR count). The molecule has 2 aromatic carbocycles. The van der Waals surface area contributed by atoms with Crippen molar-refractivity contribution in [3.8, 4) is 11.1 Å². The van der Waals surface area contributed by atoms with E-state index in [1.54, 1.807) is 4.90 Å². The Kier molecular flexibility index (Phi) is 6.89. The summed E-state index contributed by atoms with van der Waals surface area (Å²) < 4.78 is 1.53. The zero-order valence-corrected chi connectivity index (χ0v) is 18.3. The average Bonchev–Trinajstić information content (AvgIpc) is 3.35. The maximum atomic E-state index is 13.4. The molecule has 1 aromatic heterocycles. The Labute approximate surface area is 187 Å². The molecule has 0 saturated carbocycles. The molecule has 0 radical (unpaired) electrons. The first-order valence-corrected chi connectivity index (χ1v) is 11.1. The molecule has 0 unspecified atom stereocenters. The van der Waals surface area contributed by atoms with Gasteiger partial charge in [0.25, 0.3) is 0 Å². The van der Waals surface area contributed by atoms with Gasteiger partial charge in [-0.05, 0) is 33.5 Å². The topological polar surface area (TPSA) is 84.2 Å². The highest BCUT2D eigenvalue weighted by Gasteiger charge is 2.37. The van der Waals surface area contributed by atoms with Crippen molar-refractivity contribution in [2.24, 2.45) is 0 Å². The number of benzene rings is 2. The van der Waals surface area contributed by atoms with E-state index in [-0.39, 0.29) is 18.2 Å². The monoisotopic (exact) mass is 432 g/mol.